The second kappa shape index (κ2) is 6.07. The minimum atomic E-state index is -2.88. The van der Waals surface area contributed by atoms with Crippen LogP contribution in [0, 0.1) is 5.92 Å². The van der Waals surface area contributed by atoms with E-state index in [-0.39, 0.29) is 23.5 Å². The van der Waals surface area contributed by atoms with Gasteiger partial charge in [-0.2, -0.15) is 8.78 Å². The molecule has 7 heteroatoms. The van der Waals surface area contributed by atoms with E-state index in [1.165, 1.54) is 11.0 Å². The molecule has 0 spiro atoms. The molecule has 1 heterocycles. The van der Waals surface area contributed by atoms with E-state index < -0.39 is 12.2 Å². The zero-order valence-electron chi connectivity index (χ0n) is 13.0. The largest absolute Gasteiger partial charge is 0.435 e. The quantitative estimate of drug-likeness (QED) is 0.920. The Morgan fingerprint density at radius 3 is 2.58 bits per heavy atom. The van der Waals surface area contributed by atoms with Crippen molar-refractivity contribution in [3.8, 4) is 0 Å². The van der Waals surface area contributed by atoms with Gasteiger partial charge in [0.1, 0.15) is 5.76 Å². The molecule has 0 saturated heterocycles. The van der Waals surface area contributed by atoms with Gasteiger partial charge in [0.05, 0.1) is 0 Å². The number of rotatable bonds is 4. The lowest BCUT2D eigenvalue weighted by Gasteiger charge is -2.33. The maximum atomic E-state index is 12.9. The van der Waals surface area contributed by atoms with Gasteiger partial charge in [0.25, 0.3) is 5.91 Å². The second-order valence-electron chi connectivity index (χ2n) is 5.65. The van der Waals surface area contributed by atoms with Crippen LogP contribution in [-0.4, -0.2) is 30.4 Å². The predicted molar refractivity (Wildman–Crippen MR) is 84.9 cm³/mol. The highest BCUT2D eigenvalue weighted by Gasteiger charge is 2.52. The number of likely N-dealkylation sites (N-methyl/N-ethyl adjacent to an activating group) is 1. The fourth-order valence-electron chi connectivity index (χ4n) is 3.10. The van der Waals surface area contributed by atoms with Gasteiger partial charge in [-0.15, -0.1) is 0 Å². The Balaban J connectivity index is 1.99. The average Bonchev–Trinajstić information content (AvgIpc) is 2.81. The molecule has 0 fully saturated rings. The molecule has 2 N–H and O–H groups in total. The summed E-state index contributed by atoms with van der Waals surface area (Å²) < 4.78 is 29.0. The van der Waals surface area contributed by atoms with Gasteiger partial charge in [0, 0.05) is 13.0 Å². The number of alkyl halides is 2. The highest BCUT2D eigenvalue weighted by atomic mass is 19.3. The minimum Gasteiger partial charge on any atom is -0.435 e. The number of carbonyl (C=O) groups excluding carboxylic acids is 1. The highest BCUT2D eigenvalue weighted by Crippen LogP contribution is 2.43. The molecule has 126 valence electrons. The van der Waals surface area contributed by atoms with Crippen LogP contribution in [0.2, 0.25) is 0 Å². The van der Waals surface area contributed by atoms with E-state index in [0.717, 1.165) is 0 Å². The van der Waals surface area contributed by atoms with Crippen molar-refractivity contribution in [1.82, 2.24) is 4.90 Å². The number of hydrogen-bond acceptors (Lipinski definition) is 4. The van der Waals surface area contributed by atoms with Crippen LogP contribution in [0.15, 0.2) is 59.3 Å². The van der Waals surface area contributed by atoms with Crippen molar-refractivity contribution in [1.29, 1.82) is 0 Å². The third-order valence-corrected chi connectivity index (χ3v) is 4.31. The van der Waals surface area contributed by atoms with Crippen molar-refractivity contribution < 1.29 is 18.3 Å². The first-order valence-electron chi connectivity index (χ1n) is 7.47. The first-order valence-corrected chi connectivity index (χ1v) is 7.47. The molecular weight excluding hydrogens is 316 g/mol. The third kappa shape index (κ3) is 2.55. The lowest BCUT2D eigenvalue weighted by molar-refractivity contribution is -0.132. The second-order valence-corrected chi connectivity index (χ2v) is 5.65. The fourth-order valence-corrected chi connectivity index (χ4v) is 3.10. The van der Waals surface area contributed by atoms with Crippen molar-refractivity contribution in [3.63, 3.8) is 0 Å². The Morgan fingerprint density at radius 2 is 2.08 bits per heavy atom. The van der Waals surface area contributed by atoms with Crippen LogP contribution in [0.5, 0.6) is 0 Å². The summed E-state index contributed by atoms with van der Waals surface area (Å²) in [6, 6.07) is 9.12. The fraction of sp³-hybridized carbons (Fsp3) is 0.294. The third-order valence-electron chi connectivity index (χ3n) is 4.31. The van der Waals surface area contributed by atoms with Crippen LogP contribution in [0.25, 0.3) is 0 Å². The van der Waals surface area contributed by atoms with Crippen LogP contribution in [0.3, 0.4) is 0 Å². The molecule has 0 saturated carbocycles. The highest BCUT2D eigenvalue weighted by molar-refractivity contribution is 6.07. The lowest BCUT2D eigenvalue weighted by atomic mass is 9.75. The lowest BCUT2D eigenvalue weighted by Crippen LogP contribution is -2.44. The van der Waals surface area contributed by atoms with E-state index in [0.29, 0.717) is 12.0 Å². The number of hydrogen-bond donors (Lipinski definition) is 1. The Bertz CT molecular complexity index is 731. The summed E-state index contributed by atoms with van der Waals surface area (Å²) in [5.74, 6) is -0.371. The molecular formula is C17H17F2N3O2. The van der Waals surface area contributed by atoms with Gasteiger partial charge in [0.2, 0.25) is 0 Å². The molecule has 1 aromatic carbocycles. The van der Waals surface area contributed by atoms with Crippen LogP contribution in [0.4, 0.5) is 8.78 Å². The van der Waals surface area contributed by atoms with Crippen LogP contribution in [-0.2, 0) is 15.1 Å². The van der Waals surface area contributed by atoms with E-state index >= 15 is 0 Å². The van der Waals surface area contributed by atoms with Gasteiger partial charge in [-0.1, -0.05) is 36.4 Å². The smallest absolute Gasteiger partial charge is 0.387 e. The van der Waals surface area contributed by atoms with Crippen molar-refractivity contribution in [2.24, 2.45) is 16.6 Å². The van der Waals surface area contributed by atoms with Crippen molar-refractivity contribution in [3.05, 3.63) is 59.9 Å². The summed E-state index contributed by atoms with van der Waals surface area (Å²) in [7, 11) is 1.57. The zero-order chi connectivity index (χ0) is 17.3. The number of nitrogens with zero attached hydrogens (tertiary/aromatic N) is 2. The summed E-state index contributed by atoms with van der Waals surface area (Å²) in [5.41, 5.74) is 5.39. The Labute approximate surface area is 138 Å². The van der Waals surface area contributed by atoms with Crippen LogP contribution >= 0.6 is 0 Å². The first kappa shape index (κ1) is 16.2. The maximum Gasteiger partial charge on any atom is 0.387 e. The van der Waals surface area contributed by atoms with Gasteiger partial charge in [0.15, 0.2) is 11.5 Å². The van der Waals surface area contributed by atoms with E-state index in [1.54, 1.807) is 19.2 Å². The topological polar surface area (TPSA) is 67.9 Å². The predicted octanol–water partition coefficient (Wildman–Crippen LogP) is 2.37. The minimum absolute atomic E-state index is 0.0835. The number of benzene rings is 1. The summed E-state index contributed by atoms with van der Waals surface area (Å²) in [6.45, 7) is -2.88. The molecule has 2 aliphatic rings. The number of amides is 1. The molecule has 1 unspecified atom stereocenters. The molecule has 1 amide bonds. The molecule has 0 radical (unpaired) electrons. The SMILES string of the molecule is CN1C(=O)[C@](c2ccccc2)(C2C=CC(OC(F)F)=CC2)N=C1N. The molecule has 1 aliphatic heterocycles. The average molecular weight is 333 g/mol. The molecule has 5 nitrogen and oxygen atoms in total. The summed E-state index contributed by atoms with van der Waals surface area (Å²) >= 11 is 0. The van der Waals surface area contributed by atoms with Crippen molar-refractivity contribution in [2.45, 2.75) is 18.6 Å². The normalized spacial score (nSPS) is 26.6. The molecule has 2 atom stereocenters. The van der Waals surface area contributed by atoms with E-state index in [9.17, 15) is 13.6 Å². The Morgan fingerprint density at radius 1 is 1.38 bits per heavy atom. The number of nitrogens with two attached hydrogens (primary N) is 1. The monoisotopic (exact) mass is 333 g/mol. The van der Waals surface area contributed by atoms with Crippen LogP contribution < -0.4 is 5.73 Å². The molecule has 1 aliphatic carbocycles. The van der Waals surface area contributed by atoms with Gasteiger partial charge < -0.3 is 10.5 Å². The zero-order valence-corrected chi connectivity index (χ0v) is 13.0. The Hall–Kier alpha value is -2.70. The van der Waals surface area contributed by atoms with Crippen molar-refractivity contribution in [2.75, 3.05) is 7.05 Å². The van der Waals surface area contributed by atoms with Gasteiger partial charge in [-0.05, 0) is 24.1 Å². The molecule has 24 heavy (non-hydrogen) atoms. The van der Waals surface area contributed by atoms with Gasteiger partial charge in [-0.25, -0.2) is 4.99 Å². The maximum absolute atomic E-state index is 12.9. The van der Waals surface area contributed by atoms with Gasteiger partial charge >= 0.3 is 6.61 Å². The van der Waals surface area contributed by atoms with E-state index in [2.05, 4.69) is 9.73 Å². The molecule has 3 rings (SSSR count). The van der Waals surface area contributed by atoms with Crippen molar-refractivity contribution >= 4 is 11.9 Å². The van der Waals surface area contributed by atoms with E-state index in [4.69, 9.17) is 5.73 Å². The molecule has 1 aromatic rings. The van der Waals surface area contributed by atoms with E-state index in [1.807, 2.05) is 30.3 Å². The number of carbonyl (C=O) groups is 1. The number of guanidine groups is 1. The van der Waals surface area contributed by atoms with Crippen LogP contribution in [0.1, 0.15) is 12.0 Å². The molecule has 0 aromatic heterocycles. The summed E-state index contributed by atoms with van der Waals surface area (Å²) in [5, 5.41) is 0. The summed E-state index contributed by atoms with van der Waals surface area (Å²) in [4.78, 5) is 18.7. The summed E-state index contributed by atoms with van der Waals surface area (Å²) in [6.07, 6.45) is 5.00. The number of allylic oxidation sites excluding steroid dienone is 2. The van der Waals surface area contributed by atoms with Gasteiger partial charge in [-0.3, -0.25) is 9.69 Å². The molecule has 0 bridgehead atoms. The number of ether oxygens (including phenoxy) is 1. The Kier molecular flexibility index (Phi) is 4.09. The number of halogens is 2. The standard InChI is InChI=1S/C17H17F2N3O2/c1-22-14(23)17(21-16(22)20,11-5-3-2-4-6-11)12-7-9-13(10-8-12)24-15(18)19/h2-7,9-10,12,15H,8H2,1H3,(H2,20,21)/t12?,17-/m0/s1. The number of aliphatic imine (C=N–C) groups is 1. The first-order chi connectivity index (χ1) is 11.4.